The molecule has 0 unspecified atom stereocenters. The van der Waals surface area contributed by atoms with Gasteiger partial charge in [0.1, 0.15) is 11.3 Å². The Balaban J connectivity index is 1.45. The van der Waals surface area contributed by atoms with Crippen molar-refractivity contribution < 1.29 is 28.8 Å². The van der Waals surface area contributed by atoms with Crippen molar-refractivity contribution in [1.82, 2.24) is 5.32 Å². The number of amides is 5. The number of nitro groups is 1. The summed E-state index contributed by atoms with van der Waals surface area (Å²) in [6.45, 7) is 3.64. The molecule has 4 rings (SSSR count). The van der Waals surface area contributed by atoms with Gasteiger partial charge in [0.15, 0.2) is 6.61 Å². The smallest absolute Gasteiger partial charge is 0.335 e. The molecular formula is C27H22N4O7. The molecule has 0 bridgehead atoms. The van der Waals surface area contributed by atoms with Crippen molar-refractivity contribution >= 4 is 46.9 Å². The van der Waals surface area contributed by atoms with E-state index in [1.54, 1.807) is 30.3 Å². The Bertz CT molecular complexity index is 1500. The summed E-state index contributed by atoms with van der Waals surface area (Å²) < 4.78 is 5.53. The van der Waals surface area contributed by atoms with E-state index >= 15 is 0 Å². The molecule has 3 aromatic carbocycles. The van der Waals surface area contributed by atoms with Crippen LogP contribution < -0.4 is 20.3 Å². The van der Waals surface area contributed by atoms with Gasteiger partial charge in [-0.05, 0) is 60.9 Å². The molecule has 1 heterocycles. The number of aryl methyl sites for hydroxylation is 1. The minimum Gasteiger partial charge on any atom is -0.484 e. The number of non-ortho nitro benzene ring substituents is 1. The molecular weight excluding hydrogens is 492 g/mol. The Morgan fingerprint density at radius 1 is 1.05 bits per heavy atom. The van der Waals surface area contributed by atoms with Crippen molar-refractivity contribution in [2.75, 3.05) is 16.8 Å². The number of imide groups is 2. The normalized spacial score (nSPS) is 14.3. The zero-order chi connectivity index (χ0) is 27.4. The topological polar surface area (TPSA) is 148 Å². The summed E-state index contributed by atoms with van der Waals surface area (Å²) >= 11 is 0. The van der Waals surface area contributed by atoms with E-state index in [0.717, 1.165) is 17.2 Å². The first-order valence-corrected chi connectivity index (χ1v) is 11.4. The van der Waals surface area contributed by atoms with Crippen LogP contribution in [-0.2, 0) is 14.4 Å². The maximum atomic E-state index is 13.0. The molecule has 1 aliphatic heterocycles. The molecule has 1 fully saturated rings. The highest BCUT2D eigenvalue weighted by Gasteiger charge is 2.37. The van der Waals surface area contributed by atoms with Crippen LogP contribution in [-0.4, -0.2) is 35.3 Å². The van der Waals surface area contributed by atoms with Crippen molar-refractivity contribution in [3.8, 4) is 5.75 Å². The highest BCUT2D eigenvalue weighted by atomic mass is 16.6. The monoisotopic (exact) mass is 514 g/mol. The Morgan fingerprint density at radius 3 is 2.47 bits per heavy atom. The zero-order valence-electron chi connectivity index (χ0n) is 20.4. The summed E-state index contributed by atoms with van der Waals surface area (Å²) in [6, 6.07) is 15.8. The van der Waals surface area contributed by atoms with E-state index in [4.69, 9.17) is 4.74 Å². The number of nitrogens with zero attached hydrogens (tertiary/aromatic N) is 2. The zero-order valence-corrected chi connectivity index (χ0v) is 20.4. The lowest BCUT2D eigenvalue weighted by Crippen LogP contribution is -2.54. The number of ether oxygens (including phenoxy) is 1. The van der Waals surface area contributed by atoms with Gasteiger partial charge in [-0.3, -0.25) is 29.8 Å². The minimum absolute atomic E-state index is 0.0528. The predicted molar refractivity (Wildman–Crippen MR) is 139 cm³/mol. The van der Waals surface area contributed by atoms with E-state index in [1.165, 1.54) is 24.3 Å². The molecule has 0 atom stereocenters. The summed E-state index contributed by atoms with van der Waals surface area (Å²) in [6.07, 6.45) is 1.28. The molecule has 3 aromatic rings. The van der Waals surface area contributed by atoms with Crippen molar-refractivity contribution in [2.45, 2.75) is 13.8 Å². The number of urea groups is 1. The first-order valence-electron chi connectivity index (χ1n) is 11.4. The Morgan fingerprint density at radius 2 is 1.76 bits per heavy atom. The molecule has 0 radical (unpaired) electrons. The molecule has 1 aliphatic rings. The third kappa shape index (κ3) is 5.57. The second-order valence-electron chi connectivity index (χ2n) is 8.39. The number of hydrogen-bond acceptors (Lipinski definition) is 7. The van der Waals surface area contributed by atoms with Gasteiger partial charge in [0.2, 0.25) is 0 Å². The molecule has 0 spiro atoms. The third-order valence-electron chi connectivity index (χ3n) is 5.84. The fraction of sp³-hybridized carbons (Fsp3) is 0.111. The van der Waals surface area contributed by atoms with E-state index in [9.17, 15) is 29.3 Å². The SMILES string of the molecule is Cc1cccc(NC(=O)COc2ccc(/C=C3/C(=O)NC(=O)N(c4cccc([N+](=O)[O-])c4)C3=O)cc2)c1C. The number of anilines is 2. The highest BCUT2D eigenvalue weighted by Crippen LogP contribution is 2.26. The molecule has 0 saturated carbocycles. The molecule has 2 N–H and O–H groups in total. The fourth-order valence-corrected chi connectivity index (χ4v) is 3.69. The summed E-state index contributed by atoms with van der Waals surface area (Å²) in [7, 11) is 0. The van der Waals surface area contributed by atoms with Gasteiger partial charge >= 0.3 is 6.03 Å². The Labute approximate surface area is 216 Å². The second-order valence-corrected chi connectivity index (χ2v) is 8.39. The molecule has 11 heteroatoms. The molecule has 11 nitrogen and oxygen atoms in total. The quantitative estimate of drug-likeness (QED) is 0.210. The van der Waals surface area contributed by atoms with Crippen LogP contribution >= 0.6 is 0 Å². The van der Waals surface area contributed by atoms with Crippen molar-refractivity contribution in [2.24, 2.45) is 0 Å². The van der Waals surface area contributed by atoms with Crippen LogP contribution in [0.1, 0.15) is 16.7 Å². The van der Waals surface area contributed by atoms with Crippen molar-refractivity contribution in [1.29, 1.82) is 0 Å². The molecule has 1 saturated heterocycles. The van der Waals surface area contributed by atoms with Gasteiger partial charge < -0.3 is 10.1 Å². The number of nitrogens with one attached hydrogen (secondary N) is 2. The van der Waals surface area contributed by atoms with Crippen LogP contribution in [0.2, 0.25) is 0 Å². The number of barbiturate groups is 1. The van der Waals surface area contributed by atoms with Gasteiger partial charge in [-0.2, -0.15) is 0 Å². The molecule has 0 aliphatic carbocycles. The van der Waals surface area contributed by atoms with E-state index in [-0.39, 0.29) is 29.5 Å². The number of benzene rings is 3. The number of carbonyl (C=O) groups is 4. The van der Waals surface area contributed by atoms with Crippen LogP contribution in [0.25, 0.3) is 6.08 Å². The van der Waals surface area contributed by atoms with Crippen molar-refractivity contribution in [3.05, 3.63) is 99.1 Å². The van der Waals surface area contributed by atoms with Crippen LogP contribution in [0, 0.1) is 24.0 Å². The van der Waals surface area contributed by atoms with Crippen LogP contribution in [0.15, 0.2) is 72.3 Å². The minimum atomic E-state index is -1.01. The second kappa shape index (κ2) is 10.7. The van der Waals surface area contributed by atoms with Gasteiger partial charge in [-0.15, -0.1) is 0 Å². The van der Waals surface area contributed by atoms with Gasteiger partial charge in [0, 0.05) is 17.8 Å². The lowest BCUT2D eigenvalue weighted by Gasteiger charge is -2.26. The standard InChI is InChI=1S/C27H22N4O7/c1-16-5-3-8-23(17(16)2)28-24(32)15-38-21-11-9-18(10-12-21)13-22-25(33)29-27(35)30(26(22)34)19-6-4-7-20(14-19)31(36)37/h3-14H,15H2,1-2H3,(H,28,32)(H,29,33,35)/b22-13-. The fourth-order valence-electron chi connectivity index (χ4n) is 3.69. The molecule has 5 amide bonds. The van der Waals surface area contributed by atoms with E-state index in [0.29, 0.717) is 21.9 Å². The molecule has 192 valence electrons. The van der Waals surface area contributed by atoms with Gasteiger partial charge in [-0.1, -0.05) is 30.3 Å². The predicted octanol–water partition coefficient (Wildman–Crippen LogP) is 3.90. The van der Waals surface area contributed by atoms with Crippen LogP contribution in [0.3, 0.4) is 0 Å². The average Bonchev–Trinajstić information content (AvgIpc) is 2.89. The number of hydrogen-bond donors (Lipinski definition) is 2. The Kier molecular flexibility index (Phi) is 7.28. The highest BCUT2D eigenvalue weighted by molar-refractivity contribution is 6.39. The van der Waals surface area contributed by atoms with Gasteiger partial charge in [0.05, 0.1) is 10.6 Å². The van der Waals surface area contributed by atoms with E-state index < -0.39 is 22.8 Å². The lowest BCUT2D eigenvalue weighted by molar-refractivity contribution is -0.384. The van der Waals surface area contributed by atoms with Gasteiger partial charge in [0.25, 0.3) is 23.4 Å². The van der Waals surface area contributed by atoms with Crippen LogP contribution in [0.5, 0.6) is 5.75 Å². The Hall–Kier alpha value is -5.32. The largest absolute Gasteiger partial charge is 0.484 e. The number of rotatable bonds is 7. The summed E-state index contributed by atoms with van der Waals surface area (Å²) in [5, 5.41) is 16.0. The first-order chi connectivity index (χ1) is 18.1. The van der Waals surface area contributed by atoms with Gasteiger partial charge in [-0.25, -0.2) is 9.69 Å². The molecule has 38 heavy (non-hydrogen) atoms. The number of carbonyl (C=O) groups excluding carboxylic acids is 4. The summed E-state index contributed by atoms with van der Waals surface area (Å²) in [5.41, 5.74) is 2.46. The number of nitro benzene ring substituents is 1. The average molecular weight is 514 g/mol. The maximum absolute atomic E-state index is 13.0. The van der Waals surface area contributed by atoms with E-state index in [1.807, 2.05) is 26.0 Å². The third-order valence-corrected chi connectivity index (χ3v) is 5.84. The lowest BCUT2D eigenvalue weighted by atomic mass is 10.1. The van der Waals surface area contributed by atoms with Crippen LogP contribution in [0.4, 0.5) is 21.9 Å². The first kappa shape index (κ1) is 25.8. The summed E-state index contributed by atoms with van der Waals surface area (Å²) in [5.74, 6) is -1.77. The van der Waals surface area contributed by atoms with E-state index in [2.05, 4.69) is 10.6 Å². The molecule has 0 aromatic heterocycles. The van der Waals surface area contributed by atoms with Crippen molar-refractivity contribution in [3.63, 3.8) is 0 Å². The summed E-state index contributed by atoms with van der Waals surface area (Å²) in [4.78, 5) is 61.1. The maximum Gasteiger partial charge on any atom is 0.335 e.